The average molecular weight is 440 g/mol. The number of benzene rings is 2. The molecule has 1 amide bonds. The van der Waals surface area contributed by atoms with Crippen LogP contribution in [-0.2, 0) is 10.0 Å². The van der Waals surface area contributed by atoms with Crippen LogP contribution in [0, 0.1) is 5.82 Å². The topological polar surface area (TPSA) is 60.9 Å². The Morgan fingerprint density at radius 2 is 1.72 bits per heavy atom. The second-order valence-corrected chi connectivity index (χ2v) is 9.60. The van der Waals surface area contributed by atoms with Gasteiger partial charge >= 0.3 is 0 Å². The van der Waals surface area contributed by atoms with Crippen LogP contribution in [0.15, 0.2) is 47.4 Å². The van der Waals surface area contributed by atoms with Crippen molar-refractivity contribution < 1.29 is 17.6 Å². The zero-order valence-corrected chi connectivity index (χ0v) is 17.9. The molecular weight excluding hydrogens is 417 g/mol. The third kappa shape index (κ3) is 4.71. The van der Waals surface area contributed by atoms with Crippen LogP contribution < -0.4 is 4.90 Å². The first-order valence-corrected chi connectivity index (χ1v) is 11.0. The summed E-state index contributed by atoms with van der Waals surface area (Å²) in [4.78, 5) is 16.9. The molecule has 2 aromatic carbocycles. The van der Waals surface area contributed by atoms with Crippen LogP contribution in [0.25, 0.3) is 0 Å². The van der Waals surface area contributed by atoms with Crippen molar-refractivity contribution in [1.29, 1.82) is 0 Å². The van der Waals surface area contributed by atoms with Gasteiger partial charge in [-0.25, -0.2) is 17.1 Å². The first kappa shape index (κ1) is 21.5. The highest BCUT2D eigenvalue weighted by Crippen LogP contribution is 2.24. The van der Waals surface area contributed by atoms with Crippen LogP contribution in [0.5, 0.6) is 0 Å². The van der Waals surface area contributed by atoms with Gasteiger partial charge in [-0.1, -0.05) is 11.6 Å². The van der Waals surface area contributed by atoms with Crippen molar-refractivity contribution in [2.75, 3.05) is 45.2 Å². The lowest BCUT2D eigenvalue weighted by Gasteiger charge is -2.24. The van der Waals surface area contributed by atoms with E-state index in [1.54, 1.807) is 17.0 Å². The van der Waals surface area contributed by atoms with Crippen LogP contribution in [0.1, 0.15) is 16.8 Å². The smallest absolute Gasteiger partial charge is 0.255 e. The molecule has 29 heavy (non-hydrogen) atoms. The van der Waals surface area contributed by atoms with Crippen molar-refractivity contribution in [3.05, 3.63) is 58.9 Å². The third-order valence-corrected chi connectivity index (χ3v) is 7.06. The Hall–Kier alpha value is -2.16. The fourth-order valence-corrected chi connectivity index (χ4v) is 4.37. The van der Waals surface area contributed by atoms with E-state index in [2.05, 4.69) is 4.90 Å². The molecule has 9 heteroatoms. The predicted molar refractivity (Wildman–Crippen MR) is 111 cm³/mol. The normalized spacial score (nSPS) is 15.5. The molecule has 1 saturated heterocycles. The first-order chi connectivity index (χ1) is 13.7. The molecule has 1 aliphatic rings. The lowest BCUT2D eigenvalue weighted by molar-refractivity contribution is 0.0767. The van der Waals surface area contributed by atoms with Crippen molar-refractivity contribution in [2.45, 2.75) is 11.3 Å². The molecule has 3 rings (SSSR count). The molecule has 0 N–H and O–H groups in total. The Morgan fingerprint density at radius 1 is 1.03 bits per heavy atom. The van der Waals surface area contributed by atoms with Gasteiger partial charge in [0.25, 0.3) is 5.91 Å². The number of hydrogen-bond acceptors (Lipinski definition) is 4. The van der Waals surface area contributed by atoms with E-state index in [9.17, 15) is 17.6 Å². The molecule has 0 saturated carbocycles. The Morgan fingerprint density at radius 3 is 2.38 bits per heavy atom. The molecule has 0 spiro atoms. The Bertz CT molecular complexity index is 997. The van der Waals surface area contributed by atoms with E-state index in [-0.39, 0.29) is 27.2 Å². The highest BCUT2D eigenvalue weighted by molar-refractivity contribution is 7.89. The van der Waals surface area contributed by atoms with Crippen molar-refractivity contribution in [2.24, 2.45) is 0 Å². The summed E-state index contributed by atoms with van der Waals surface area (Å²) in [5.74, 6) is -0.589. The molecule has 0 aromatic heterocycles. The number of rotatable bonds is 4. The number of halogens is 2. The van der Waals surface area contributed by atoms with Crippen molar-refractivity contribution in [3.63, 3.8) is 0 Å². The van der Waals surface area contributed by atoms with Gasteiger partial charge < -0.3 is 9.80 Å². The van der Waals surface area contributed by atoms with Gasteiger partial charge in [-0.15, -0.1) is 0 Å². The van der Waals surface area contributed by atoms with E-state index < -0.39 is 10.0 Å². The van der Waals surface area contributed by atoms with E-state index >= 15 is 0 Å². The van der Waals surface area contributed by atoms with Gasteiger partial charge in [0.05, 0.1) is 15.5 Å². The number of nitrogens with zero attached hydrogens (tertiary/aromatic N) is 3. The highest BCUT2D eigenvalue weighted by Gasteiger charge is 2.25. The molecule has 6 nitrogen and oxygen atoms in total. The maximum Gasteiger partial charge on any atom is 0.255 e. The summed E-state index contributed by atoms with van der Waals surface area (Å²) in [6.45, 7) is 2.30. The Kier molecular flexibility index (Phi) is 6.45. The standard InChI is InChI=1S/C20H23ClFN3O3S/c1-23(2)29(27,28)17-8-9-19(21)18(14-17)20(26)25-11-3-10-24(12-13-25)16-6-4-15(22)5-7-16/h4-9,14H,3,10-13H2,1-2H3. The molecule has 0 bridgehead atoms. The van der Waals surface area contributed by atoms with Crippen LogP contribution in [-0.4, -0.2) is 63.8 Å². The minimum atomic E-state index is -3.67. The van der Waals surface area contributed by atoms with Gasteiger partial charge in [0.15, 0.2) is 0 Å². The van der Waals surface area contributed by atoms with E-state index in [1.165, 1.54) is 44.4 Å². The largest absolute Gasteiger partial charge is 0.370 e. The third-order valence-electron chi connectivity index (χ3n) is 4.92. The molecule has 1 heterocycles. The molecule has 2 aromatic rings. The predicted octanol–water partition coefficient (Wildman–Crippen LogP) is 3.08. The SMILES string of the molecule is CN(C)S(=O)(=O)c1ccc(Cl)c(C(=O)N2CCCN(c3ccc(F)cc3)CC2)c1. The van der Waals surface area contributed by atoms with Gasteiger partial charge in [-0.05, 0) is 48.9 Å². The van der Waals surface area contributed by atoms with Crippen LogP contribution in [0.4, 0.5) is 10.1 Å². The van der Waals surface area contributed by atoms with E-state index in [0.717, 1.165) is 23.0 Å². The van der Waals surface area contributed by atoms with Crippen LogP contribution >= 0.6 is 11.6 Å². The van der Waals surface area contributed by atoms with Gasteiger partial charge in [-0.2, -0.15) is 0 Å². The summed E-state index contributed by atoms with van der Waals surface area (Å²) in [6.07, 6.45) is 0.733. The van der Waals surface area contributed by atoms with Gasteiger partial charge in [0, 0.05) is 46.0 Å². The zero-order valence-electron chi connectivity index (χ0n) is 16.3. The van der Waals surface area contributed by atoms with E-state index in [1.807, 2.05) is 0 Å². The van der Waals surface area contributed by atoms with Crippen molar-refractivity contribution >= 4 is 33.2 Å². The molecule has 1 aliphatic heterocycles. The molecule has 156 valence electrons. The number of hydrogen-bond donors (Lipinski definition) is 0. The molecule has 0 atom stereocenters. The minimum Gasteiger partial charge on any atom is -0.370 e. The number of carbonyl (C=O) groups is 1. The summed E-state index contributed by atoms with van der Waals surface area (Å²) in [6, 6.07) is 10.4. The number of sulfonamides is 1. The van der Waals surface area contributed by atoms with Crippen LogP contribution in [0.3, 0.4) is 0 Å². The highest BCUT2D eigenvalue weighted by atomic mass is 35.5. The minimum absolute atomic E-state index is 0.0259. The molecular formula is C20H23ClFN3O3S. The maximum absolute atomic E-state index is 13.2. The van der Waals surface area contributed by atoms with Crippen molar-refractivity contribution in [3.8, 4) is 0 Å². The van der Waals surface area contributed by atoms with Gasteiger partial charge in [-0.3, -0.25) is 4.79 Å². The quantitative estimate of drug-likeness (QED) is 0.734. The second kappa shape index (κ2) is 8.69. The summed E-state index contributed by atoms with van der Waals surface area (Å²) >= 11 is 6.22. The number of anilines is 1. The monoisotopic (exact) mass is 439 g/mol. The first-order valence-electron chi connectivity index (χ1n) is 9.22. The fraction of sp³-hybridized carbons (Fsp3) is 0.350. The van der Waals surface area contributed by atoms with E-state index in [0.29, 0.717) is 19.6 Å². The lowest BCUT2D eigenvalue weighted by Crippen LogP contribution is -2.35. The second-order valence-electron chi connectivity index (χ2n) is 7.04. The summed E-state index contributed by atoms with van der Waals surface area (Å²) in [5, 5.41) is 0.215. The number of amides is 1. The maximum atomic E-state index is 13.2. The summed E-state index contributed by atoms with van der Waals surface area (Å²) < 4.78 is 39.1. The fourth-order valence-electron chi connectivity index (χ4n) is 3.24. The van der Waals surface area contributed by atoms with E-state index in [4.69, 9.17) is 11.6 Å². The molecule has 1 fully saturated rings. The van der Waals surface area contributed by atoms with Gasteiger partial charge in [0.1, 0.15) is 5.82 Å². The number of carbonyl (C=O) groups excluding carboxylic acids is 1. The van der Waals surface area contributed by atoms with Gasteiger partial charge in [0.2, 0.25) is 10.0 Å². The average Bonchev–Trinajstić information content (AvgIpc) is 2.94. The lowest BCUT2D eigenvalue weighted by atomic mass is 10.2. The molecule has 0 aliphatic carbocycles. The summed E-state index contributed by atoms with van der Waals surface area (Å²) in [7, 11) is -0.801. The summed E-state index contributed by atoms with van der Waals surface area (Å²) in [5.41, 5.74) is 1.07. The molecule has 0 unspecified atom stereocenters. The zero-order chi connectivity index (χ0) is 21.2. The van der Waals surface area contributed by atoms with Crippen LogP contribution in [0.2, 0.25) is 5.02 Å². The van der Waals surface area contributed by atoms with Crippen molar-refractivity contribution in [1.82, 2.24) is 9.21 Å². The molecule has 0 radical (unpaired) electrons. The Balaban J connectivity index is 1.79. The Labute approximate surface area is 175 Å².